The summed E-state index contributed by atoms with van der Waals surface area (Å²) in [6, 6.07) is 17.7. The number of rotatable bonds is 10. The molecule has 0 radical (unpaired) electrons. The molecule has 0 saturated heterocycles. The molecule has 41 heavy (non-hydrogen) atoms. The highest BCUT2D eigenvalue weighted by Crippen LogP contribution is 2.43. The number of ether oxygens (including phenoxy) is 2. The largest absolute Gasteiger partial charge is 0.493 e. The standard InChI is InChI=1S/C31H31N5O4S/c1-20(21-6-7-21)40-31(37)35-23-10-8-22(9-11-23)29-27(19-32)26-13-12-25(18-28(26)36(29)24-4-2-5-24)39-16-17-41(38)30-33-14-3-15-34-30/h3,8-15,18,20-21,24H,2,4-7,16-17H2,1H3,(H,35,37). The first-order valence-electron chi connectivity index (χ1n) is 14.0. The van der Waals surface area contributed by atoms with Crippen LogP contribution in [0.25, 0.3) is 22.2 Å². The van der Waals surface area contributed by atoms with Gasteiger partial charge in [-0.3, -0.25) is 9.53 Å². The molecule has 2 aromatic heterocycles. The molecule has 210 valence electrons. The van der Waals surface area contributed by atoms with Gasteiger partial charge >= 0.3 is 6.09 Å². The van der Waals surface area contributed by atoms with Gasteiger partial charge in [-0.05, 0) is 80.8 Å². The van der Waals surface area contributed by atoms with Gasteiger partial charge in [0.15, 0.2) is 0 Å². The van der Waals surface area contributed by atoms with Gasteiger partial charge in [0.2, 0.25) is 5.16 Å². The van der Waals surface area contributed by atoms with E-state index < -0.39 is 16.9 Å². The lowest BCUT2D eigenvalue weighted by molar-refractivity contribution is 0.108. The van der Waals surface area contributed by atoms with Crippen LogP contribution in [0, 0.1) is 17.2 Å². The maximum atomic E-state index is 12.5. The Balaban J connectivity index is 1.24. The van der Waals surface area contributed by atoms with Gasteiger partial charge in [-0.15, -0.1) is 0 Å². The number of nitrogens with one attached hydrogen (secondary N) is 1. The Morgan fingerprint density at radius 3 is 2.56 bits per heavy atom. The summed E-state index contributed by atoms with van der Waals surface area (Å²) in [6.45, 7) is 2.18. The molecule has 0 aliphatic heterocycles. The molecule has 1 N–H and O–H groups in total. The van der Waals surface area contributed by atoms with E-state index in [2.05, 4.69) is 25.9 Å². The van der Waals surface area contributed by atoms with Gasteiger partial charge in [0.05, 0.1) is 33.3 Å². The van der Waals surface area contributed by atoms with E-state index in [0.717, 1.165) is 54.3 Å². The van der Waals surface area contributed by atoms with Crippen LogP contribution in [0.4, 0.5) is 10.5 Å². The summed E-state index contributed by atoms with van der Waals surface area (Å²) in [4.78, 5) is 20.4. The van der Waals surface area contributed by atoms with E-state index in [-0.39, 0.29) is 24.5 Å². The van der Waals surface area contributed by atoms with Gasteiger partial charge < -0.3 is 14.0 Å². The number of aromatic nitrogens is 3. The Bertz CT molecular complexity index is 1620. The molecule has 2 heterocycles. The molecular formula is C31H31N5O4S. The maximum absolute atomic E-state index is 12.5. The van der Waals surface area contributed by atoms with Crippen molar-refractivity contribution in [3.05, 3.63) is 66.5 Å². The third-order valence-corrected chi connectivity index (χ3v) is 8.95. The normalized spacial score (nSPS) is 16.4. The zero-order valence-electron chi connectivity index (χ0n) is 22.8. The van der Waals surface area contributed by atoms with Gasteiger partial charge in [-0.25, -0.2) is 14.8 Å². The second-order valence-corrected chi connectivity index (χ2v) is 12.0. The zero-order chi connectivity index (χ0) is 28.3. The van der Waals surface area contributed by atoms with E-state index in [1.165, 1.54) is 0 Å². The Morgan fingerprint density at radius 1 is 1.15 bits per heavy atom. The first-order chi connectivity index (χ1) is 20.0. The lowest BCUT2D eigenvalue weighted by Crippen LogP contribution is -2.21. The molecule has 0 spiro atoms. The number of carbonyl (C=O) groups is 1. The smallest absolute Gasteiger partial charge is 0.411 e. The Kier molecular flexibility index (Phi) is 7.70. The van der Waals surface area contributed by atoms with E-state index in [9.17, 15) is 14.3 Å². The number of amides is 1. The molecule has 4 aromatic rings. The predicted molar refractivity (Wildman–Crippen MR) is 156 cm³/mol. The average molecular weight is 570 g/mol. The fourth-order valence-corrected chi connectivity index (χ4v) is 5.99. The van der Waals surface area contributed by atoms with E-state index >= 15 is 0 Å². The fraction of sp³-hybridized carbons (Fsp3) is 0.355. The van der Waals surface area contributed by atoms with Crippen molar-refractivity contribution in [3.8, 4) is 23.1 Å². The summed E-state index contributed by atoms with van der Waals surface area (Å²) in [7, 11) is -1.35. The molecule has 9 nitrogen and oxygen atoms in total. The Labute approximate surface area is 241 Å². The van der Waals surface area contributed by atoms with Gasteiger partial charge in [0.25, 0.3) is 0 Å². The van der Waals surface area contributed by atoms with Crippen LogP contribution in [0.5, 0.6) is 5.75 Å². The lowest BCUT2D eigenvalue weighted by Gasteiger charge is -2.30. The number of hydrogen-bond donors (Lipinski definition) is 1. The first-order valence-corrected chi connectivity index (χ1v) is 15.3. The summed E-state index contributed by atoms with van der Waals surface area (Å²) in [5.41, 5.74) is 3.95. The van der Waals surface area contributed by atoms with Gasteiger partial charge in [-0.1, -0.05) is 12.1 Å². The minimum absolute atomic E-state index is 0.0838. The molecule has 10 heteroatoms. The van der Waals surface area contributed by atoms with Gasteiger partial charge in [-0.2, -0.15) is 5.26 Å². The van der Waals surface area contributed by atoms with E-state index in [1.807, 2.05) is 49.4 Å². The van der Waals surface area contributed by atoms with Crippen LogP contribution in [0.15, 0.2) is 66.1 Å². The van der Waals surface area contributed by atoms with Crippen LogP contribution < -0.4 is 10.1 Å². The first kappa shape index (κ1) is 27.0. The summed E-state index contributed by atoms with van der Waals surface area (Å²) in [5.74, 6) is 1.39. The Morgan fingerprint density at radius 2 is 1.90 bits per heavy atom. The van der Waals surface area contributed by atoms with Gasteiger partial charge in [0.1, 0.15) is 24.5 Å². The number of carbonyl (C=O) groups excluding carboxylic acids is 1. The van der Waals surface area contributed by atoms with Crippen molar-refractivity contribution in [1.29, 1.82) is 5.26 Å². The highest BCUT2D eigenvalue weighted by molar-refractivity contribution is 7.84. The van der Waals surface area contributed by atoms with Crippen molar-refractivity contribution in [2.75, 3.05) is 17.7 Å². The van der Waals surface area contributed by atoms with Crippen molar-refractivity contribution >= 4 is 33.5 Å². The number of nitrogens with zero attached hydrogens (tertiary/aromatic N) is 4. The minimum Gasteiger partial charge on any atom is -0.493 e. The third-order valence-electron chi connectivity index (χ3n) is 7.79. The highest BCUT2D eigenvalue weighted by atomic mass is 32.2. The number of nitriles is 1. The number of anilines is 1. The highest BCUT2D eigenvalue weighted by Gasteiger charge is 2.31. The Hall–Kier alpha value is -4.23. The SMILES string of the molecule is CC(OC(=O)Nc1ccc(-c2c(C#N)c3ccc(OCCS(=O)c4ncccn4)cc3n2C2CCC2)cc1)C1CC1. The van der Waals surface area contributed by atoms with Crippen molar-refractivity contribution in [2.45, 2.75) is 56.3 Å². The van der Waals surface area contributed by atoms with Crippen LogP contribution in [0.2, 0.25) is 0 Å². The second-order valence-electron chi connectivity index (χ2n) is 10.5. The van der Waals surface area contributed by atoms with Gasteiger partial charge in [0, 0.05) is 35.6 Å². The monoisotopic (exact) mass is 569 g/mol. The van der Waals surface area contributed by atoms with E-state index in [1.54, 1.807) is 18.5 Å². The maximum Gasteiger partial charge on any atom is 0.411 e. The lowest BCUT2D eigenvalue weighted by atomic mass is 9.92. The van der Waals surface area contributed by atoms with Crippen LogP contribution in [-0.2, 0) is 15.5 Å². The molecule has 2 aliphatic carbocycles. The van der Waals surface area contributed by atoms with E-state index in [0.29, 0.717) is 28.1 Å². The molecule has 2 fully saturated rings. The molecule has 2 atom stereocenters. The molecule has 6 rings (SSSR count). The van der Waals surface area contributed by atoms with Crippen LogP contribution in [0.1, 0.15) is 50.6 Å². The second kappa shape index (κ2) is 11.7. The van der Waals surface area contributed by atoms with Crippen molar-refractivity contribution < 1.29 is 18.5 Å². The summed E-state index contributed by atoms with van der Waals surface area (Å²) in [5, 5.41) is 14.2. The summed E-state index contributed by atoms with van der Waals surface area (Å²) in [6.07, 6.45) is 8.03. The van der Waals surface area contributed by atoms with Crippen LogP contribution >= 0.6 is 0 Å². The van der Waals surface area contributed by atoms with Crippen LogP contribution in [-0.4, -0.2) is 43.3 Å². The molecule has 2 unspecified atom stereocenters. The third kappa shape index (κ3) is 5.81. The molecule has 0 bridgehead atoms. The summed E-state index contributed by atoms with van der Waals surface area (Å²) < 4.78 is 26.2. The molecule has 1 amide bonds. The molecular weight excluding hydrogens is 538 g/mol. The number of hydrogen-bond acceptors (Lipinski definition) is 7. The topological polar surface area (TPSA) is 119 Å². The quantitative estimate of drug-likeness (QED) is 0.225. The number of fused-ring (bicyclic) bond motifs is 1. The average Bonchev–Trinajstić information content (AvgIpc) is 3.77. The fourth-order valence-electron chi connectivity index (χ4n) is 5.22. The van der Waals surface area contributed by atoms with E-state index in [4.69, 9.17) is 9.47 Å². The van der Waals surface area contributed by atoms with Crippen LogP contribution in [0.3, 0.4) is 0 Å². The summed E-state index contributed by atoms with van der Waals surface area (Å²) >= 11 is 0. The van der Waals surface area contributed by atoms with Crippen molar-refractivity contribution in [1.82, 2.24) is 14.5 Å². The zero-order valence-corrected chi connectivity index (χ0v) is 23.6. The van der Waals surface area contributed by atoms with Crippen molar-refractivity contribution in [2.24, 2.45) is 5.92 Å². The molecule has 2 aromatic carbocycles. The molecule has 2 saturated carbocycles. The predicted octanol–water partition coefficient (Wildman–Crippen LogP) is 6.23. The van der Waals surface area contributed by atoms with Crippen molar-refractivity contribution in [3.63, 3.8) is 0 Å². The number of benzene rings is 2. The molecule has 2 aliphatic rings. The minimum atomic E-state index is -1.35.